The van der Waals surface area contributed by atoms with Gasteiger partial charge in [0.15, 0.2) is 5.76 Å². The molecule has 2 heterocycles. The number of amides is 1. The third-order valence-electron chi connectivity index (χ3n) is 6.23. The number of carbonyl (C=O) groups excluding carboxylic acids is 1. The first-order valence-electron chi connectivity index (χ1n) is 12.3. The van der Waals surface area contributed by atoms with Crippen LogP contribution in [-0.4, -0.2) is 17.4 Å². The van der Waals surface area contributed by atoms with Crippen LogP contribution in [0.15, 0.2) is 108 Å². The highest BCUT2D eigenvalue weighted by Crippen LogP contribution is 2.27. The molecule has 0 fully saturated rings. The molecule has 36 heavy (non-hydrogen) atoms. The van der Waals surface area contributed by atoms with Gasteiger partial charge in [0.2, 0.25) is 0 Å². The monoisotopic (exact) mass is 475 g/mol. The van der Waals surface area contributed by atoms with Crippen LogP contribution in [0.25, 0.3) is 22.1 Å². The van der Waals surface area contributed by atoms with Gasteiger partial charge in [0.05, 0.1) is 6.54 Å². The fourth-order valence-electron chi connectivity index (χ4n) is 4.20. The lowest BCUT2D eigenvalue weighted by atomic mass is 10.0. The molecule has 0 saturated carbocycles. The summed E-state index contributed by atoms with van der Waals surface area (Å²) in [5.41, 5.74) is 5.82. The summed E-state index contributed by atoms with van der Waals surface area (Å²) in [6, 6.07) is 29.8. The highest BCUT2D eigenvalue weighted by Gasteiger charge is 2.22. The molecular weight excluding hydrogens is 446 g/mol. The van der Waals surface area contributed by atoms with Gasteiger partial charge in [-0.15, -0.1) is 0 Å². The molecule has 180 valence electrons. The van der Waals surface area contributed by atoms with E-state index >= 15 is 0 Å². The van der Waals surface area contributed by atoms with E-state index in [1.807, 2.05) is 66.7 Å². The second-order valence-electron chi connectivity index (χ2n) is 8.80. The number of rotatable bonds is 9. The van der Waals surface area contributed by atoms with E-state index in [1.54, 1.807) is 17.3 Å². The maximum atomic E-state index is 13.7. The maximum Gasteiger partial charge on any atom is 0.294 e. The molecule has 0 radical (unpaired) electrons. The van der Waals surface area contributed by atoms with E-state index in [2.05, 4.69) is 41.5 Å². The highest BCUT2D eigenvalue weighted by atomic mass is 16.3. The smallest absolute Gasteiger partial charge is 0.294 e. The molecule has 0 bridgehead atoms. The van der Waals surface area contributed by atoms with Crippen LogP contribution in [0.4, 0.5) is 11.4 Å². The summed E-state index contributed by atoms with van der Waals surface area (Å²) >= 11 is 0. The predicted molar refractivity (Wildman–Crippen MR) is 146 cm³/mol. The lowest BCUT2D eigenvalue weighted by Crippen LogP contribution is -2.30. The first-order chi connectivity index (χ1) is 17.7. The molecule has 5 nitrogen and oxygen atoms in total. The summed E-state index contributed by atoms with van der Waals surface area (Å²) in [4.78, 5) is 19.6. The van der Waals surface area contributed by atoms with Crippen molar-refractivity contribution in [2.45, 2.75) is 26.3 Å². The first-order valence-corrected chi connectivity index (χ1v) is 12.3. The Bertz CT molecular complexity index is 1390. The van der Waals surface area contributed by atoms with Crippen molar-refractivity contribution in [3.05, 3.63) is 115 Å². The number of fused-ring (bicyclic) bond motifs is 1. The normalized spacial score (nSPS) is 10.9. The molecule has 5 aromatic rings. The van der Waals surface area contributed by atoms with Crippen LogP contribution in [0.1, 0.15) is 35.9 Å². The number of pyridine rings is 1. The third kappa shape index (κ3) is 5.31. The van der Waals surface area contributed by atoms with Gasteiger partial charge in [-0.2, -0.15) is 0 Å². The van der Waals surface area contributed by atoms with Gasteiger partial charge in [-0.25, -0.2) is 0 Å². The van der Waals surface area contributed by atoms with E-state index in [1.165, 1.54) is 0 Å². The van der Waals surface area contributed by atoms with Crippen molar-refractivity contribution in [3.63, 3.8) is 0 Å². The molecule has 0 atom stereocenters. The molecule has 1 amide bonds. The van der Waals surface area contributed by atoms with Crippen molar-refractivity contribution >= 4 is 28.3 Å². The van der Waals surface area contributed by atoms with Crippen molar-refractivity contribution in [2.75, 3.05) is 16.8 Å². The molecule has 0 saturated heterocycles. The molecule has 0 spiro atoms. The molecule has 0 aliphatic carbocycles. The number of aromatic nitrogens is 1. The molecule has 5 heteroatoms. The van der Waals surface area contributed by atoms with Gasteiger partial charge in [0, 0.05) is 35.7 Å². The Morgan fingerprint density at radius 2 is 1.61 bits per heavy atom. The largest absolute Gasteiger partial charge is 0.451 e. The van der Waals surface area contributed by atoms with Crippen LogP contribution in [0.2, 0.25) is 0 Å². The number of para-hydroxylation sites is 1. The fourth-order valence-corrected chi connectivity index (χ4v) is 4.20. The zero-order chi connectivity index (χ0) is 24.7. The second kappa shape index (κ2) is 10.9. The summed E-state index contributed by atoms with van der Waals surface area (Å²) in [5, 5.41) is 4.35. The molecule has 5 rings (SSSR count). The minimum absolute atomic E-state index is 0.170. The molecule has 0 aliphatic rings. The van der Waals surface area contributed by atoms with E-state index in [9.17, 15) is 4.79 Å². The fraction of sp³-hybridized carbons (Fsp3) is 0.161. The van der Waals surface area contributed by atoms with Gasteiger partial charge >= 0.3 is 0 Å². The van der Waals surface area contributed by atoms with E-state index in [4.69, 9.17) is 4.42 Å². The van der Waals surface area contributed by atoms with Crippen LogP contribution in [-0.2, 0) is 6.54 Å². The van der Waals surface area contributed by atoms with Crippen molar-refractivity contribution in [1.82, 2.24) is 4.98 Å². The summed E-state index contributed by atoms with van der Waals surface area (Å²) < 4.78 is 5.93. The second-order valence-corrected chi connectivity index (χ2v) is 8.80. The number of unbranched alkanes of at least 4 members (excludes halogenated alkanes) is 1. The zero-order valence-electron chi connectivity index (χ0n) is 20.4. The van der Waals surface area contributed by atoms with E-state index in [0.29, 0.717) is 17.9 Å². The molecule has 1 N–H and O–H groups in total. The van der Waals surface area contributed by atoms with Crippen LogP contribution < -0.4 is 10.2 Å². The van der Waals surface area contributed by atoms with Crippen molar-refractivity contribution in [1.29, 1.82) is 0 Å². The van der Waals surface area contributed by atoms with Crippen molar-refractivity contribution in [3.8, 4) is 11.1 Å². The number of hydrogen-bond acceptors (Lipinski definition) is 4. The van der Waals surface area contributed by atoms with E-state index < -0.39 is 0 Å². The Morgan fingerprint density at radius 3 is 2.33 bits per heavy atom. The number of hydrogen-bond donors (Lipinski definition) is 1. The summed E-state index contributed by atoms with van der Waals surface area (Å²) in [6.07, 6.45) is 5.84. The number of carbonyl (C=O) groups is 1. The Hall–Kier alpha value is -4.38. The Morgan fingerprint density at radius 1 is 0.889 bits per heavy atom. The highest BCUT2D eigenvalue weighted by molar-refractivity contribution is 6.06. The summed E-state index contributed by atoms with van der Waals surface area (Å²) in [6.45, 7) is 3.53. The van der Waals surface area contributed by atoms with E-state index in [0.717, 1.165) is 52.8 Å². The van der Waals surface area contributed by atoms with Crippen LogP contribution in [0.3, 0.4) is 0 Å². The molecular formula is C31H29N3O2. The average Bonchev–Trinajstić information content (AvgIpc) is 3.37. The van der Waals surface area contributed by atoms with Gasteiger partial charge in [0.1, 0.15) is 5.58 Å². The topological polar surface area (TPSA) is 58.4 Å². The van der Waals surface area contributed by atoms with Gasteiger partial charge in [-0.3, -0.25) is 9.78 Å². The van der Waals surface area contributed by atoms with Crippen LogP contribution in [0.5, 0.6) is 0 Å². The molecule has 3 aromatic carbocycles. The zero-order valence-corrected chi connectivity index (χ0v) is 20.4. The molecule has 0 unspecified atom stereocenters. The predicted octanol–water partition coefficient (Wildman–Crippen LogP) is 7.55. The van der Waals surface area contributed by atoms with Gasteiger partial charge in [-0.1, -0.05) is 55.8 Å². The minimum atomic E-state index is -0.170. The lowest BCUT2D eigenvalue weighted by molar-refractivity contribution is 0.0960. The SMILES string of the molecule is CCCCNc1ccc(N(Cc2ccc(-c3ccncc3)cc2)C(=O)c2cc3ccccc3o2)cc1. The Labute approximate surface area is 211 Å². The van der Waals surface area contributed by atoms with Crippen molar-refractivity contribution in [2.24, 2.45) is 0 Å². The molecule has 0 aliphatic heterocycles. The van der Waals surface area contributed by atoms with Gasteiger partial charge in [0.25, 0.3) is 5.91 Å². The standard InChI is InChI=1S/C31H29N3O2/c1-2-3-18-33-27-12-14-28(15-13-27)34(31(35)30-21-26-6-4-5-7-29(26)36-30)22-23-8-10-24(11-9-23)25-16-19-32-20-17-25/h4-17,19-21,33H,2-3,18,22H2,1H3. The average molecular weight is 476 g/mol. The summed E-state index contributed by atoms with van der Waals surface area (Å²) in [7, 11) is 0. The number of anilines is 2. The number of nitrogens with one attached hydrogen (secondary N) is 1. The first kappa shape index (κ1) is 23.4. The maximum absolute atomic E-state index is 13.7. The third-order valence-corrected chi connectivity index (χ3v) is 6.23. The van der Waals surface area contributed by atoms with E-state index in [-0.39, 0.29) is 5.91 Å². The molecule has 2 aromatic heterocycles. The minimum Gasteiger partial charge on any atom is -0.451 e. The van der Waals surface area contributed by atoms with Gasteiger partial charge < -0.3 is 14.6 Å². The lowest BCUT2D eigenvalue weighted by Gasteiger charge is -2.22. The van der Waals surface area contributed by atoms with Gasteiger partial charge in [-0.05, 0) is 71.6 Å². The quantitative estimate of drug-likeness (QED) is 0.224. The Kier molecular flexibility index (Phi) is 7.08. The summed E-state index contributed by atoms with van der Waals surface area (Å²) in [5.74, 6) is 0.158. The van der Waals surface area contributed by atoms with Crippen molar-refractivity contribution < 1.29 is 9.21 Å². The van der Waals surface area contributed by atoms with Crippen LogP contribution >= 0.6 is 0 Å². The Balaban J connectivity index is 1.43. The number of furan rings is 1. The van der Waals surface area contributed by atoms with Crippen LogP contribution in [0, 0.1) is 0 Å². The number of benzene rings is 3. The number of nitrogens with zero attached hydrogens (tertiary/aromatic N) is 2.